The van der Waals surface area contributed by atoms with Gasteiger partial charge in [-0.25, -0.2) is 9.97 Å². The van der Waals surface area contributed by atoms with Crippen molar-refractivity contribution in [3.8, 4) is 0 Å². The third-order valence-electron chi connectivity index (χ3n) is 3.78. The molecule has 1 aromatic heterocycles. The first kappa shape index (κ1) is 12.9. The van der Waals surface area contributed by atoms with E-state index >= 15 is 0 Å². The van der Waals surface area contributed by atoms with Gasteiger partial charge in [-0.2, -0.15) is 0 Å². The van der Waals surface area contributed by atoms with Crippen molar-refractivity contribution in [2.45, 2.75) is 26.3 Å². The molecule has 1 fully saturated rings. The Balaban J connectivity index is 1.68. The molecule has 1 aliphatic rings. The summed E-state index contributed by atoms with van der Waals surface area (Å²) in [6.07, 6.45) is 7.86. The molecule has 0 saturated carbocycles. The Morgan fingerprint density at radius 1 is 1.15 bits per heavy atom. The zero-order valence-electron chi connectivity index (χ0n) is 11.8. The Labute approximate surface area is 119 Å². The van der Waals surface area contributed by atoms with E-state index in [-0.39, 0.29) is 0 Å². The number of aryl methyl sites for hydroxylation is 1. The Morgan fingerprint density at radius 2 is 1.90 bits per heavy atom. The van der Waals surface area contributed by atoms with Crippen LogP contribution in [0.3, 0.4) is 0 Å². The number of nitrogens with one attached hydrogen (secondary N) is 1. The van der Waals surface area contributed by atoms with E-state index in [1.165, 1.54) is 42.9 Å². The van der Waals surface area contributed by atoms with Crippen molar-refractivity contribution in [3.05, 3.63) is 48.0 Å². The highest BCUT2D eigenvalue weighted by atomic mass is 15.1. The van der Waals surface area contributed by atoms with Crippen molar-refractivity contribution in [1.29, 1.82) is 0 Å². The molecule has 1 aliphatic heterocycles. The number of benzene rings is 1. The molecule has 0 unspecified atom stereocenters. The molecule has 1 aromatic carbocycles. The van der Waals surface area contributed by atoms with E-state index in [0.717, 1.165) is 12.1 Å². The Kier molecular flexibility index (Phi) is 3.81. The van der Waals surface area contributed by atoms with Crippen LogP contribution in [0.25, 0.3) is 0 Å². The molecule has 0 radical (unpaired) electrons. The molecule has 3 rings (SSSR count). The monoisotopic (exact) mass is 268 g/mol. The standard InChI is InChI=1S/C16H20N4/c1-13-8-15(20-6-2-3-7-20)4-5-16(13)19-11-14-9-17-12-18-10-14/h4-5,8-10,12,19H,2-3,6-7,11H2,1H3. The average molecular weight is 268 g/mol. The predicted octanol–water partition coefficient (Wildman–Crippen LogP) is 3.00. The SMILES string of the molecule is Cc1cc(N2CCCC2)ccc1NCc1cncnc1. The van der Waals surface area contributed by atoms with E-state index < -0.39 is 0 Å². The maximum absolute atomic E-state index is 4.03. The van der Waals surface area contributed by atoms with Crippen molar-refractivity contribution >= 4 is 11.4 Å². The minimum absolute atomic E-state index is 0.755. The fourth-order valence-electron chi connectivity index (χ4n) is 2.64. The highest BCUT2D eigenvalue weighted by molar-refractivity contribution is 5.60. The molecule has 0 amide bonds. The van der Waals surface area contributed by atoms with Gasteiger partial charge in [0.25, 0.3) is 0 Å². The Bertz CT molecular complexity index is 562. The summed E-state index contributed by atoms with van der Waals surface area (Å²) in [6.45, 7) is 5.29. The molecule has 0 aliphatic carbocycles. The van der Waals surface area contributed by atoms with Gasteiger partial charge < -0.3 is 10.2 Å². The number of aromatic nitrogens is 2. The van der Waals surface area contributed by atoms with Gasteiger partial charge in [-0.1, -0.05) is 0 Å². The molecule has 0 atom stereocenters. The summed E-state index contributed by atoms with van der Waals surface area (Å²) >= 11 is 0. The number of nitrogens with zero attached hydrogens (tertiary/aromatic N) is 3. The Hall–Kier alpha value is -2.10. The third-order valence-corrected chi connectivity index (χ3v) is 3.78. The fraction of sp³-hybridized carbons (Fsp3) is 0.375. The van der Waals surface area contributed by atoms with Gasteiger partial charge >= 0.3 is 0 Å². The van der Waals surface area contributed by atoms with Crippen LogP contribution in [-0.4, -0.2) is 23.1 Å². The first-order valence-electron chi connectivity index (χ1n) is 7.16. The number of hydrogen-bond donors (Lipinski definition) is 1. The Morgan fingerprint density at radius 3 is 2.60 bits per heavy atom. The van der Waals surface area contributed by atoms with Crippen molar-refractivity contribution in [3.63, 3.8) is 0 Å². The van der Waals surface area contributed by atoms with E-state index in [4.69, 9.17) is 0 Å². The number of hydrogen-bond acceptors (Lipinski definition) is 4. The maximum Gasteiger partial charge on any atom is 0.115 e. The summed E-state index contributed by atoms with van der Waals surface area (Å²) in [7, 11) is 0. The molecule has 1 saturated heterocycles. The molecule has 2 aromatic rings. The van der Waals surface area contributed by atoms with Gasteiger partial charge in [-0.05, 0) is 43.5 Å². The molecule has 0 bridgehead atoms. The first-order valence-corrected chi connectivity index (χ1v) is 7.16. The zero-order chi connectivity index (χ0) is 13.8. The zero-order valence-corrected chi connectivity index (χ0v) is 11.8. The molecule has 1 N–H and O–H groups in total. The van der Waals surface area contributed by atoms with Crippen LogP contribution in [-0.2, 0) is 6.54 Å². The normalized spacial score (nSPS) is 14.6. The lowest BCUT2D eigenvalue weighted by molar-refractivity contribution is 0.949. The summed E-state index contributed by atoms with van der Waals surface area (Å²) in [6, 6.07) is 6.66. The minimum Gasteiger partial charge on any atom is -0.381 e. The smallest absolute Gasteiger partial charge is 0.115 e. The molecular weight excluding hydrogens is 248 g/mol. The van der Waals surface area contributed by atoms with E-state index in [0.29, 0.717) is 0 Å². The van der Waals surface area contributed by atoms with Crippen LogP contribution >= 0.6 is 0 Å². The quantitative estimate of drug-likeness (QED) is 0.925. The van der Waals surface area contributed by atoms with Gasteiger partial charge in [-0.15, -0.1) is 0 Å². The van der Waals surface area contributed by atoms with Crippen molar-refractivity contribution in [1.82, 2.24) is 9.97 Å². The highest BCUT2D eigenvalue weighted by Gasteiger charge is 2.12. The van der Waals surface area contributed by atoms with E-state index in [2.05, 4.69) is 45.3 Å². The second kappa shape index (κ2) is 5.90. The van der Waals surface area contributed by atoms with E-state index in [9.17, 15) is 0 Å². The topological polar surface area (TPSA) is 41.0 Å². The van der Waals surface area contributed by atoms with Gasteiger partial charge in [0.05, 0.1) is 0 Å². The molecule has 104 valence electrons. The van der Waals surface area contributed by atoms with Gasteiger partial charge in [-0.3, -0.25) is 0 Å². The second-order valence-corrected chi connectivity index (χ2v) is 5.29. The second-order valence-electron chi connectivity index (χ2n) is 5.29. The number of anilines is 2. The summed E-state index contributed by atoms with van der Waals surface area (Å²) in [5, 5.41) is 3.45. The lowest BCUT2D eigenvalue weighted by atomic mass is 10.1. The van der Waals surface area contributed by atoms with Crippen LogP contribution in [0.5, 0.6) is 0 Å². The molecule has 20 heavy (non-hydrogen) atoms. The molecule has 2 heterocycles. The van der Waals surface area contributed by atoms with E-state index in [1.54, 1.807) is 6.33 Å². The first-order chi connectivity index (χ1) is 9.83. The summed E-state index contributed by atoms with van der Waals surface area (Å²) in [5.74, 6) is 0. The predicted molar refractivity (Wildman–Crippen MR) is 82.0 cm³/mol. The number of rotatable bonds is 4. The maximum atomic E-state index is 4.03. The van der Waals surface area contributed by atoms with E-state index in [1.807, 2.05) is 12.4 Å². The summed E-state index contributed by atoms with van der Waals surface area (Å²) in [4.78, 5) is 10.5. The van der Waals surface area contributed by atoms with Crippen LogP contribution in [0.2, 0.25) is 0 Å². The highest BCUT2D eigenvalue weighted by Crippen LogP contribution is 2.25. The van der Waals surface area contributed by atoms with Crippen molar-refractivity contribution < 1.29 is 0 Å². The summed E-state index contributed by atoms with van der Waals surface area (Å²) in [5.41, 5.74) is 4.90. The minimum atomic E-state index is 0.755. The van der Waals surface area contributed by atoms with Crippen LogP contribution in [0.4, 0.5) is 11.4 Å². The molecule has 4 nitrogen and oxygen atoms in total. The van der Waals surface area contributed by atoms with Gasteiger partial charge in [0.15, 0.2) is 0 Å². The van der Waals surface area contributed by atoms with Crippen molar-refractivity contribution in [2.75, 3.05) is 23.3 Å². The molecule has 4 heteroatoms. The van der Waals surface area contributed by atoms with Gasteiger partial charge in [0, 0.05) is 49.0 Å². The average Bonchev–Trinajstić information content (AvgIpc) is 3.01. The third kappa shape index (κ3) is 2.90. The van der Waals surface area contributed by atoms with Crippen LogP contribution < -0.4 is 10.2 Å². The van der Waals surface area contributed by atoms with Crippen molar-refractivity contribution in [2.24, 2.45) is 0 Å². The lowest BCUT2D eigenvalue weighted by Crippen LogP contribution is -2.17. The largest absolute Gasteiger partial charge is 0.381 e. The van der Waals surface area contributed by atoms with Gasteiger partial charge in [0.1, 0.15) is 6.33 Å². The van der Waals surface area contributed by atoms with Crippen LogP contribution in [0.15, 0.2) is 36.9 Å². The van der Waals surface area contributed by atoms with Crippen LogP contribution in [0, 0.1) is 6.92 Å². The molecule has 0 spiro atoms. The van der Waals surface area contributed by atoms with Crippen LogP contribution in [0.1, 0.15) is 24.0 Å². The molecular formula is C16H20N4. The summed E-state index contributed by atoms with van der Waals surface area (Å²) < 4.78 is 0. The van der Waals surface area contributed by atoms with Gasteiger partial charge in [0.2, 0.25) is 0 Å². The lowest BCUT2D eigenvalue weighted by Gasteiger charge is -2.19. The fourth-order valence-corrected chi connectivity index (χ4v) is 2.64.